The highest BCUT2D eigenvalue weighted by Gasteiger charge is 2.25. The molecule has 29 heavy (non-hydrogen) atoms. The SMILES string of the molecule is COc1ccc(CN(C)S(=O)(=O)c2cc(S(C)(=O)=O)ccc2C)cc1OC(F)F. The van der Waals surface area contributed by atoms with Crippen LogP contribution in [0.25, 0.3) is 0 Å². The molecule has 0 N–H and O–H groups in total. The largest absolute Gasteiger partial charge is 0.493 e. The molecule has 11 heteroatoms. The van der Waals surface area contributed by atoms with Gasteiger partial charge in [-0.25, -0.2) is 16.8 Å². The average Bonchev–Trinajstić information content (AvgIpc) is 2.60. The van der Waals surface area contributed by atoms with Gasteiger partial charge in [0.25, 0.3) is 0 Å². The number of nitrogens with zero attached hydrogens (tertiary/aromatic N) is 1. The van der Waals surface area contributed by atoms with E-state index in [9.17, 15) is 25.6 Å². The minimum Gasteiger partial charge on any atom is -0.493 e. The summed E-state index contributed by atoms with van der Waals surface area (Å²) in [4.78, 5) is -0.271. The molecule has 7 nitrogen and oxygen atoms in total. The molecular weight excluding hydrogens is 428 g/mol. The maximum Gasteiger partial charge on any atom is 0.387 e. The number of methoxy groups -OCH3 is 1. The van der Waals surface area contributed by atoms with E-state index in [-0.39, 0.29) is 27.8 Å². The van der Waals surface area contributed by atoms with Crippen molar-refractivity contribution < 1.29 is 35.1 Å². The Morgan fingerprint density at radius 1 is 1.03 bits per heavy atom. The Labute approximate surface area is 168 Å². The van der Waals surface area contributed by atoms with Crippen LogP contribution in [0.5, 0.6) is 11.5 Å². The van der Waals surface area contributed by atoms with Crippen LogP contribution in [0.2, 0.25) is 0 Å². The second-order valence-electron chi connectivity index (χ2n) is 6.32. The highest BCUT2D eigenvalue weighted by Crippen LogP contribution is 2.31. The van der Waals surface area contributed by atoms with Crippen molar-refractivity contribution in [3.63, 3.8) is 0 Å². The third-order valence-corrected chi connectivity index (χ3v) is 7.18. The van der Waals surface area contributed by atoms with E-state index in [0.717, 1.165) is 16.6 Å². The van der Waals surface area contributed by atoms with Crippen LogP contribution < -0.4 is 9.47 Å². The number of aryl methyl sites for hydroxylation is 1. The Kier molecular flexibility index (Phi) is 6.86. The van der Waals surface area contributed by atoms with Crippen molar-refractivity contribution in [1.29, 1.82) is 0 Å². The molecule has 0 heterocycles. The first-order chi connectivity index (χ1) is 13.4. The summed E-state index contributed by atoms with van der Waals surface area (Å²) >= 11 is 0. The summed E-state index contributed by atoms with van der Waals surface area (Å²) in [5.74, 6) is -0.141. The first kappa shape index (κ1) is 23.0. The van der Waals surface area contributed by atoms with Crippen LogP contribution in [-0.4, -0.2) is 48.2 Å². The number of rotatable bonds is 8. The number of alkyl halides is 2. The summed E-state index contributed by atoms with van der Waals surface area (Å²) in [6.07, 6.45) is 0.986. The second kappa shape index (κ2) is 8.64. The number of sulfone groups is 1. The van der Waals surface area contributed by atoms with Crippen molar-refractivity contribution in [2.45, 2.75) is 29.9 Å². The van der Waals surface area contributed by atoms with Gasteiger partial charge in [0.2, 0.25) is 10.0 Å². The minimum atomic E-state index is -4.05. The van der Waals surface area contributed by atoms with E-state index in [1.54, 1.807) is 6.92 Å². The van der Waals surface area contributed by atoms with E-state index in [1.807, 2.05) is 0 Å². The van der Waals surface area contributed by atoms with Gasteiger partial charge >= 0.3 is 6.61 Å². The molecule has 0 spiro atoms. The van der Waals surface area contributed by atoms with E-state index in [2.05, 4.69) is 4.74 Å². The van der Waals surface area contributed by atoms with Gasteiger partial charge in [0.15, 0.2) is 21.3 Å². The number of halogens is 2. The van der Waals surface area contributed by atoms with Crippen LogP contribution in [-0.2, 0) is 26.4 Å². The number of hydrogen-bond donors (Lipinski definition) is 0. The topological polar surface area (TPSA) is 90.0 Å². The summed E-state index contributed by atoms with van der Waals surface area (Å²) in [5.41, 5.74) is 0.755. The predicted molar refractivity (Wildman–Crippen MR) is 103 cm³/mol. The summed E-state index contributed by atoms with van der Waals surface area (Å²) in [6.45, 7) is -1.68. The Hall–Kier alpha value is -2.24. The Morgan fingerprint density at radius 2 is 1.69 bits per heavy atom. The molecule has 0 bridgehead atoms. The third kappa shape index (κ3) is 5.43. The molecule has 0 radical (unpaired) electrons. The molecule has 0 atom stereocenters. The van der Waals surface area contributed by atoms with Gasteiger partial charge in [-0.15, -0.1) is 0 Å². The molecule has 160 valence electrons. The third-order valence-electron chi connectivity index (χ3n) is 4.13. The average molecular weight is 449 g/mol. The highest BCUT2D eigenvalue weighted by atomic mass is 32.2. The fourth-order valence-corrected chi connectivity index (χ4v) is 4.73. The lowest BCUT2D eigenvalue weighted by molar-refractivity contribution is -0.0512. The van der Waals surface area contributed by atoms with Crippen molar-refractivity contribution in [2.24, 2.45) is 0 Å². The van der Waals surface area contributed by atoms with Gasteiger partial charge in [0, 0.05) is 19.8 Å². The smallest absolute Gasteiger partial charge is 0.387 e. The van der Waals surface area contributed by atoms with E-state index < -0.39 is 26.5 Å². The molecule has 0 aliphatic heterocycles. The monoisotopic (exact) mass is 449 g/mol. The van der Waals surface area contributed by atoms with Crippen LogP contribution in [0.4, 0.5) is 8.78 Å². The van der Waals surface area contributed by atoms with Gasteiger partial charge in [-0.05, 0) is 42.3 Å². The fourth-order valence-electron chi connectivity index (χ4n) is 2.61. The molecular formula is C18H21F2NO6S2. The lowest BCUT2D eigenvalue weighted by Crippen LogP contribution is -2.27. The maximum absolute atomic E-state index is 13.0. The molecule has 0 amide bonds. The van der Waals surface area contributed by atoms with Crippen LogP contribution in [0.15, 0.2) is 46.2 Å². The molecule has 0 unspecified atom stereocenters. The number of benzene rings is 2. The van der Waals surface area contributed by atoms with Crippen LogP contribution in [0, 0.1) is 6.92 Å². The van der Waals surface area contributed by atoms with E-state index in [4.69, 9.17) is 4.74 Å². The lowest BCUT2D eigenvalue weighted by atomic mass is 10.2. The first-order valence-corrected chi connectivity index (χ1v) is 11.6. The maximum atomic E-state index is 13.0. The normalized spacial score (nSPS) is 12.4. The predicted octanol–water partition coefficient (Wildman–Crippen LogP) is 2.83. The summed E-state index contributed by atoms with van der Waals surface area (Å²) in [5, 5.41) is 0. The Bertz CT molecular complexity index is 1100. The van der Waals surface area contributed by atoms with E-state index in [0.29, 0.717) is 11.1 Å². The summed E-state index contributed by atoms with van der Waals surface area (Å²) in [7, 11) is -5.05. The lowest BCUT2D eigenvalue weighted by Gasteiger charge is -2.20. The molecule has 0 fully saturated rings. The first-order valence-electron chi connectivity index (χ1n) is 8.25. The van der Waals surface area contributed by atoms with Crippen molar-refractivity contribution in [3.05, 3.63) is 47.5 Å². The van der Waals surface area contributed by atoms with Crippen LogP contribution in [0.1, 0.15) is 11.1 Å². The molecule has 2 aromatic rings. The van der Waals surface area contributed by atoms with E-state index >= 15 is 0 Å². The molecule has 0 aliphatic rings. The fraction of sp³-hybridized carbons (Fsp3) is 0.333. The van der Waals surface area contributed by atoms with Gasteiger partial charge < -0.3 is 9.47 Å². The quantitative estimate of drug-likeness (QED) is 0.616. The zero-order valence-electron chi connectivity index (χ0n) is 16.2. The van der Waals surface area contributed by atoms with Crippen LogP contribution in [0.3, 0.4) is 0 Å². The molecule has 0 saturated carbocycles. The Balaban J connectivity index is 2.39. The number of hydrogen-bond acceptors (Lipinski definition) is 6. The summed E-state index contributed by atoms with van der Waals surface area (Å²) < 4.78 is 85.0. The Morgan fingerprint density at radius 3 is 2.24 bits per heavy atom. The zero-order valence-corrected chi connectivity index (χ0v) is 17.9. The van der Waals surface area contributed by atoms with E-state index in [1.165, 1.54) is 44.5 Å². The second-order valence-corrected chi connectivity index (χ2v) is 10.4. The summed E-state index contributed by atoms with van der Waals surface area (Å²) in [6, 6.07) is 8.03. The molecule has 2 aromatic carbocycles. The molecule has 2 rings (SSSR count). The van der Waals surface area contributed by atoms with Crippen LogP contribution >= 0.6 is 0 Å². The number of sulfonamides is 1. The van der Waals surface area contributed by atoms with Crippen molar-refractivity contribution >= 4 is 19.9 Å². The standard InChI is InChI=1S/C18H21F2NO6S2/c1-12-5-7-14(28(4,22)23)10-17(12)29(24,25)21(2)11-13-6-8-15(26-3)16(9-13)27-18(19)20/h5-10,18H,11H2,1-4H3. The molecule has 0 aromatic heterocycles. The van der Waals surface area contributed by atoms with Crippen molar-refractivity contribution in [3.8, 4) is 11.5 Å². The van der Waals surface area contributed by atoms with Gasteiger partial charge in [-0.2, -0.15) is 13.1 Å². The molecule has 0 saturated heterocycles. The number of ether oxygens (including phenoxy) is 2. The van der Waals surface area contributed by atoms with Gasteiger partial charge in [-0.1, -0.05) is 12.1 Å². The van der Waals surface area contributed by atoms with Crippen molar-refractivity contribution in [2.75, 3.05) is 20.4 Å². The zero-order chi connectivity index (χ0) is 22.0. The molecule has 0 aliphatic carbocycles. The van der Waals surface area contributed by atoms with Gasteiger partial charge in [0.1, 0.15) is 0 Å². The highest BCUT2D eigenvalue weighted by molar-refractivity contribution is 7.91. The minimum absolute atomic E-state index is 0.0799. The van der Waals surface area contributed by atoms with Crippen molar-refractivity contribution in [1.82, 2.24) is 4.31 Å². The van der Waals surface area contributed by atoms with Gasteiger partial charge in [0.05, 0.1) is 16.9 Å². The van der Waals surface area contributed by atoms with Gasteiger partial charge in [-0.3, -0.25) is 0 Å².